The number of carbonyl (C=O) groups is 1. The molecule has 8 heteroatoms. The Kier molecular flexibility index (Phi) is 4.45. The van der Waals surface area contributed by atoms with E-state index in [1.807, 2.05) is 27.7 Å². The third-order valence-corrected chi connectivity index (χ3v) is 4.80. The van der Waals surface area contributed by atoms with Crippen molar-refractivity contribution in [1.82, 2.24) is 20.0 Å². The number of rotatable bonds is 3. The normalized spacial score (nSPS) is 18.7. The van der Waals surface area contributed by atoms with Crippen LogP contribution in [0, 0.1) is 13.8 Å². The molecule has 3 rings (SSSR count). The van der Waals surface area contributed by atoms with E-state index in [-0.39, 0.29) is 17.9 Å². The molecule has 1 amide bonds. The van der Waals surface area contributed by atoms with Gasteiger partial charge in [-0.15, -0.1) is 11.3 Å². The van der Waals surface area contributed by atoms with Gasteiger partial charge >= 0.3 is 0 Å². The number of carbonyl (C=O) groups excluding carboxylic acids is 1. The van der Waals surface area contributed by atoms with Gasteiger partial charge in [0, 0.05) is 12.5 Å². The van der Waals surface area contributed by atoms with Gasteiger partial charge in [0.05, 0.1) is 23.9 Å². The molecule has 124 valence electrons. The van der Waals surface area contributed by atoms with Crippen LogP contribution in [-0.4, -0.2) is 45.7 Å². The molecule has 0 bridgehead atoms. The lowest BCUT2D eigenvalue weighted by atomic mass is 10.2. The van der Waals surface area contributed by atoms with Crippen LogP contribution in [0.15, 0.2) is 4.52 Å². The van der Waals surface area contributed by atoms with Gasteiger partial charge in [0.2, 0.25) is 5.89 Å². The standard InChI is InChI=1S/C15H20N4O3S/c1-8(2)14-17-13(18-22-14)11-7-21-6-5-19(11)15(20)12-9(3)16-10(4)23-12/h8,11H,5-7H2,1-4H3. The molecule has 0 aliphatic carbocycles. The van der Waals surface area contributed by atoms with Crippen molar-refractivity contribution in [3.8, 4) is 0 Å². The quantitative estimate of drug-likeness (QED) is 0.856. The lowest BCUT2D eigenvalue weighted by Gasteiger charge is -2.33. The molecule has 0 saturated carbocycles. The van der Waals surface area contributed by atoms with Crippen LogP contribution in [-0.2, 0) is 4.74 Å². The summed E-state index contributed by atoms with van der Waals surface area (Å²) in [6, 6.07) is -0.325. The molecule has 1 saturated heterocycles. The van der Waals surface area contributed by atoms with Crippen molar-refractivity contribution in [3.63, 3.8) is 0 Å². The fraction of sp³-hybridized carbons (Fsp3) is 0.600. The van der Waals surface area contributed by atoms with Gasteiger partial charge in [0.1, 0.15) is 10.9 Å². The second-order valence-electron chi connectivity index (χ2n) is 5.88. The van der Waals surface area contributed by atoms with Crippen LogP contribution in [0.3, 0.4) is 0 Å². The van der Waals surface area contributed by atoms with Crippen molar-refractivity contribution in [1.29, 1.82) is 0 Å². The van der Waals surface area contributed by atoms with E-state index in [1.54, 1.807) is 4.90 Å². The number of aryl methyl sites for hydroxylation is 2. The summed E-state index contributed by atoms with van der Waals surface area (Å²) in [7, 11) is 0. The van der Waals surface area contributed by atoms with Crippen LogP contribution in [0.5, 0.6) is 0 Å². The number of hydrogen-bond acceptors (Lipinski definition) is 7. The summed E-state index contributed by atoms with van der Waals surface area (Å²) < 4.78 is 10.8. The van der Waals surface area contributed by atoms with E-state index in [9.17, 15) is 4.79 Å². The van der Waals surface area contributed by atoms with Gasteiger partial charge in [0.15, 0.2) is 5.82 Å². The van der Waals surface area contributed by atoms with E-state index in [0.717, 1.165) is 10.7 Å². The molecule has 7 nitrogen and oxygen atoms in total. The topological polar surface area (TPSA) is 81.4 Å². The number of morpholine rings is 1. The van der Waals surface area contributed by atoms with E-state index in [2.05, 4.69) is 15.1 Å². The fourth-order valence-electron chi connectivity index (χ4n) is 2.54. The Labute approximate surface area is 138 Å². The van der Waals surface area contributed by atoms with Crippen LogP contribution in [0.4, 0.5) is 0 Å². The Bertz CT molecular complexity index is 709. The van der Waals surface area contributed by atoms with Gasteiger partial charge in [-0.05, 0) is 13.8 Å². The Morgan fingerprint density at radius 1 is 1.35 bits per heavy atom. The van der Waals surface area contributed by atoms with Gasteiger partial charge in [-0.2, -0.15) is 4.98 Å². The highest BCUT2D eigenvalue weighted by Crippen LogP contribution is 2.28. The number of ether oxygens (including phenoxy) is 1. The predicted octanol–water partition coefficient (Wildman–Crippen LogP) is 2.48. The number of thiazole rings is 1. The molecule has 0 spiro atoms. The van der Waals surface area contributed by atoms with Crippen LogP contribution >= 0.6 is 11.3 Å². The monoisotopic (exact) mass is 336 g/mol. The molecule has 23 heavy (non-hydrogen) atoms. The summed E-state index contributed by atoms with van der Waals surface area (Å²) in [5.41, 5.74) is 0.763. The van der Waals surface area contributed by atoms with Crippen molar-refractivity contribution in [3.05, 3.63) is 27.3 Å². The summed E-state index contributed by atoms with van der Waals surface area (Å²) in [6.45, 7) is 9.12. The van der Waals surface area contributed by atoms with Crippen LogP contribution in [0.2, 0.25) is 0 Å². The Morgan fingerprint density at radius 2 is 2.13 bits per heavy atom. The second-order valence-corrected chi connectivity index (χ2v) is 7.09. The SMILES string of the molecule is Cc1nc(C)c(C(=O)N2CCOCC2c2noc(C(C)C)n2)s1. The number of nitrogens with zero attached hydrogens (tertiary/aromatic N) is 4. The third kappa shape index (κ3) is 3.13. The molecule has 2 aromatic rings. The van der Waals surface area contributed by atoms with Crippen molar-refractivity contribution in [2.75, 3.05) is 19.8 Å². The van der Waals surface area contributed by atoms with E-state index in [0.29, 0.717) is 36.4 Å². The first-order valence-electron chi connectivity index (χ1n) is 7.63. The minimum atomic E-state index is -0.325. The number of aromatic nitrogens is 3. The van der Waals surface area contributed by atoms with E-state index in [1.165, 1.54) is 11.3 Å². The molecular formula is C15H20N4O3S. The summed E-state index contributed by atoms with van der Waals surface area (Å²) in [6.07, 6.45) is 0. The predicted molar refractivity (Wildman–Crippen MR) is 84.6 cm³/mol. The fourth-order valence-corrected chi connectivity index (χ4v) is 3.41. The van der Waals surface area contributed by atoms with Gasteiger partial charge in [-0.1, -0.05) is 19.0 Å². The molecule has 2 aromatic heterocycles. The minimum absolute atomic E-state index is 0.0442. The first-order valence-corrected chi connectivity index (χ1v) is 8.45. The maximum atomic E-state index is 12.9. The highest BCUT2D eigenvalue weighted by molar-refractivity contribution is 7.13. The summed E-state index contributed by atoms with van der Waals surface area (Å²) in [4.78, 5) is 24.1. The van der Waals surface area contributed by atoms with E-state index >= 15 is 0 Å². The van der Waals surface area contributed by atoms with Crippen LogP contribution < -0.4 is 0 Å². The Morgan fingerprint density at radius 3 is 2.74 bits per heavy atom. The number of amides is 1. The zero-order valence-corrected chi connectivity index (χ0v) is 14.5. The van der Waals surface area contributed by atoms with Crippen LogP contribution in [0.25, 0.3) is 0 Å². The van der Waals surface area contributed by atoms with Crippen molar-refractivity contribution < 1.29 is 14.1 Å². The van der Waals surface area contributed by atoms with Crippen molar-refractivity contribution in [2.24, 2.45) is 0 Å². The number of hydrogen-bond donors (Lipinski definition) is 0. The highest BCUT2D eigenvalue weighted by atomic mass is 32.1. The lowest BCUT2D eigenvalue weighted by molar-refractivity contribution is -0.00556. The molecular weight excluding hydrogens is 316 g/mol. The molecule has 1 unspecified atom stereocenters. The molecule has 0 radical (unpaired) electrons. The summed E-state index contributed by atoms with van der Waals surface area (Å²) >= 11 is 1.42. The first-order chi connectivity index (χ1) is 11.0. The van der Waals surface area contributed by atoms with Crippen molar-refractivity contribution >= 4 is 17.2 Å². The zero-order valence-electron chi connectivity index (χ0n) is 13.7. The zero-order chi connectivity index (χ0) is 16.6. The second kappa shape index (κ2) is 6.37. The van der Waals surface area contributed by atoms with Gasteiger partial charge < -0.3 is 14.2 Å². The third-order valence-electron chi connectivity index (χ3n) is 3.74. The largest absolute Gasteiger partial charge is 0.377 e. The van der Waals surface area contributed by atoms with Gasteiger partial charge in [-0.3, -0.25) is 4.79 Å². The Hall–Kier alpha value is -1.80. The maximum absolute atomic E-state index is 12.9. The first kappa shape index (κ1) is 16.1. The lowest BCUT2D eigenvalue weighted by Crippen LogP contribution is -2.43. The highest BCUT2D eigenvalue weighted by Gasteiger charge is 2.34. The summed E-state index contributed by atoms with van der Waals surface area (Å²) in [5, 5.41) is 4.93. The van der Waals surface area contributed by atoms with Gasteiger partial charge in [0.25, 0.3) is 5.91 Å². The average molecular weight is 336 g/mol. The van der Waals surface area contributed by atoms with E-state index < -0.39 is 0 Å². The molecule has 1 atom stereocenters. The van der Waals surface area contributed by atoms with Crippen LogP contribution in [0.1, 0.15) is 57.9 Å². The molecule has 1 aliphatic heterocycles. The molecule has 0 aromatic carbocycles. The maximum Gasteiger partial charge on any atom is 0.266 e. The van der Waals surface area contributed by atoms with Crippen molar-refractivity contribution in [2.45, 2.75) is 39.7 Å². The molecule has 0 N–H and O–H groups in total. The average Bonchev–Trinajstić information content (AvgIpc) is 3.13. The van der Waals surface area contributed by atoms with E-state index in [4.69, 9.17) is 9.26 Å². The van der Waals surface area contributed by atoms with Gasteiger partial charge in [-0.25, -0.2) is 4.98 Å². The minimum Gasteiger partial charge on any atom is -0.377 e. The smallest absolute Gasteiger partial charge is 0.266 e. The summed E-state index contributed by atoms with van der Waals surface area (Å²) in [5.74, 6) is 1.18. The molecule has 1 aliphatic rings. The molecule has 1 fully saturated rings. The molecule has 3 heterocycles. The Balaban J connectivity index is 1.89.